The predicted molar refractivity (Wildman–Crippen MR) is 124 cm³/mol. The van der Waals surface area contributed by atoms with Crippen LogP contribution >= 0.6 is 0 Å². The number of hydrogen-bond donors (Lipinski definition) is 2. The van der Waals surface area contributed by atoms with Crippen LogP contribution in [0.2, 0.25) is 0 Å². The van der Waals surface area contributed by atoms with E-state index in [0.717, 1.165) is 5.69 Å². The molecule has 0 bridgehead atoms. The van der Waals surface area contributed by atoms with Crippen molar-refractivity contribution < 1.29 is 12.9 Å². The average Bonchev–Trinajstić information content (AvgIpc) is 3.29. The summed E-state index contributed by atoms with van der Waals surface area (Å²) in [5.41, 5.74) is 12.8. The molecule has 0 saturated carbocycles. The van der Waals surface area contributed by atoms with Crippen molar-refractivity contribution in [3.05, 3.63) is 54.4 Å². The number of amidine groups is 1. The molecule has 0 amide bonds. The number of guanidine groups is 1. The molecule has 12 heteroatoms. The molecule has 0 unspecified atom stereocenters. The highest BCUT2D eigenvalue weighted by molar-refractivity contribution is 7.89. The topological polar surface area (TPSA) is 156 Å². The molecular weight excluding hydrogens is 432 g/mol. The molecule has 172 valence electrons. The SMILES string of the molecule is C=C(/N=C(N)\N=C(/N)c1noc(C2CCN(S(=O)(=O)CC)CC2)n1)N(C)c1ccccc1. The van der Waals surface area contributed by atoms with E-state index in [1.54, 1.807) is 11.8 Å². The maximum atomic E-state index is 12.0. The molecule has 1 saturated heterocycles. The molecule has 4 N–H and O–H groups in total. The van der Waals surface area contributed by atoms with Gasteiger partial charge in [-0.05, 0) is 31.9 Å². The van der Waals surface area contributed by atoms with Gasteiger partial charge in [0.1, 0.15) is 5.82 Å². The zero-order valence-electron chi connectivity index (χ0n) is 18.2. The first kappa shape index (κ1) is 23.4. The normalized spacial score (nSPS) is 16.8. The zero-order chi connectivity index (χ0) is 23.3. The highest BCUT2D eigenvalue weighted by atomic mass is 32.2. The molecule has 3 rings (SSSR count). The van der Waals surface area contributed by atoms with E-state index in [2.05, 4.69) is 26.7 Å². The Kier molecular flexibility index (Phi) is 7.26. The van der Waals surface area contributed by atoms with E-state index in [-0.39, 0.29) is 29.3 Å². The van der Waals surface area contributed by atoms with Crippen LogP contribution in [0, 0.1) is 0 Å². The Labute approximate surface area is 187 Å². The summed E-state index contributed by atoms with van der Waals surface area (Å²) in [6.07, 6.45) is 1.18. The molecule has 2 heterocycles. The smallest absolute Gasteiger partial charge is 0.237 e. The van der Waals surface area contributed by atoms with Gasteiger partial charge in [-0.15, -0.1) is 0 Å². The lowest BCUT2D eigenvalue weighted by Gasteiger charge is -2.29. The highest BCUT2D eigenvalue weighted by Gasteiger charge is 2.30. The zero-order valence-corrected chi connectivity index (χ0v) is 19.0. The molecule has 0 aliphatic carbocycles. The number of anilines is 1. The number of para-hydroxylation sites is 1. The molecule has 1 aromatic carbocycles. The van der Waals surface area contributed by atoms with Crippen molar-refractivity contribution in [2.45, 2.75) is 25.7 Å². The van der Waals surface area contributed by atoms with Gasteiger partial charge in [-0.1, -0.05) is 29.9 Å². The Hall–Kier alpha value is -3.25. The second-order valence-corrected chi connectivity index (χ2v) is 9.57. The maximum absolute atomic E-state index is 12.0. The van der Waals surface area contributed by atoms with E-state index in [9.17, 15) is 8.42 Å². The fraction of sp³-hybridized carbons (Fsp3) is 0.400. The summed E-state index contributed by atoms with van der Waals surface area (Å²) >= 11 is 0. The average molecular weight is 461 g/mol. The lowest BCUT2D eigenvalue weighted by atomic mass is 9.98. The molecule has 1 fully saturated rings. The maximum Gasteiger partial charge on any atom is 0.237 e. The summed E-state index contributed by atoms with van der Waals surface area (Å²) in [6, 6.07) is 9.55. The van der Waals surface area contributed by atoms with Crippen LogP contribution in [-0.4, -0.2) is 60.5 Å². The van der Waals surface area contributed by atoms with Gasteiger partial charge in [0.15, 0.2) is 5.84 Å². The van der Waals surface area contributed by atoms with Crippen molar-refractivity contribution in [2.24, 2.45) is 21.5 Å². The van der Waals surface area contributed by atoms with Crippen LogP contribution in [0.4, 0.5) is 5.69 Å². The molecule has 0 spiro atoms. The Bertz CT molecular complexity index is 1100. The first-order chi connectivity index (χ1) is 15.2. The summed E-state index contributed by atoms with van der Waals surface area (Å²) in [4.78, 5) is 14.3. The van der Waals surface area contributed by atoms with Crippen LogP contribution in [0.5, 0.6) is 0 Å². The van der Waals surface area contributed by atoms with Crippen LogP contribution < -0.4 is 16.4 Å². The van der Waals surface area contributed by atoms with E-state index in [1.165, 1.54) is 4.31 Å². The van der Waals surface area contributed by atoms with E-state index in [1.807, 2.05) is 37.4 Å². The van der Waals surface area contributed by atoms with Gasteiger partial charge in [-0.25, -0.2) is 12.7 Å². The summed E-state index contributed by atoms with van der Waals surface area (Å²) < 4.78 is 30.8. The minimum atomic E-state index is -3.19. The minimum Gasteiger partial charge on any atom is -0.380 e. The molecule has 0 atom stereocenters. The van der Waals surface area contributed by atoms with E-state index >= 15 is 0 Å². The second kappa shape index (κ2) is 9.92. The summed E-state index contributed by atoms with van der Waals surface area (Å²) in [5.74, 6) is 0.790. The number of nitrogens with zero attached hydrogens (tertiary/aromatic N) is 6. The van der Waals surface area contributed by atoms with Crippen molar-refractivity contribution >= 4 is 27.5 Å². The predicted octanol–water partition coefficient (Wildman–Crippen LogP) is 1.23. The van der Waals surface area contributed by atoms with Crippen LogP contribution in [0.15, 0.2) is 57.2 Å². The molecule has 1 aliphatic rings. The molecule has 1 aromatic heterocycles. The van der Waals surface area contributed by atoms with Crippen LogP contribution in [0.1, 0.15) is 37.4 Å². The molecule has 11 nitrogen and oxygen atoms in total. The van der Waals surface area contributed by atoms with Gasteiger partial charge in [-0.2, -0.15) is 15.0 Å². The van der Waals surface area contributed by atoms with Crippen LogP contribution in [0.3, 0.4) is 0 Å². The van der Waals surface area contributed by atoms with Crippen molar-refractivity contribution in [3.8, 4) is 0 Å². The number of rotatable bonds is 7. The van der Waals surface area contributed by atoms with E-state index < -0.39 is 10.0 Å². The second-order valence-electron chi connectivity index (χ2n) is 7.31. The number of piperidine rings is 1. The first-order valence-corrected chi connectivity index (χ1v) is 11.8. The number of aliphatic imine (C=N–C) groups is 2. The number of benzene rings is 1. The first-order valence-electron chi connectivity index (χ1n) is 10.2. The van der Waals surface area contributed by atoms with E-state index in [4.69, 9.17) is 16.0 Å². The van der Waals surface area contributed by atoms with Gasteiger partial charge in [0, 0.05) is 31.7 Å². The summed E-state index contributed by atoms with van der Waals surface area (Å²) in [5, 5.41) is 3.87. The molecular formula is C20H28N8O3S. The Morgan fingerprint density at radius 3 is 2.53 bits per heavy atom. The van der Waals surface area contributed by atoms with E-state index in [0.29, 0.717) is 37.6 Å². The standard InChI is InChI=1S/C20H28N8O3S/c1-4-32(29,30)28-12-10-15(11-13-28)19-25-18(26-31-19)17(21)24-20(22)23-14(2)27(3)16-8-6-5-7-9-16/h5-9,15H,2,4,10-13H2,1,3H3,(H4,21,22,23,24). The van der Waals surface area contributed by atoms with Crippen molar-refractivity contribution in [2.75, 3.05) is 30.8 Å². The number of hydrogen-bond acceptors (Lipinski definition) is 7. The fourth-order valence-electron chi connectivity index (χ4n) is 3.27. The van der Waals surface area contributed by atoms with Gasteiger partial charge in [0.2, 0.25) is 27.7 Å². The largest absolute Gasteiger partial charge is 0.380 e. The van der Waals surface area contributed by atoms with Gasteiger partial charge in [-0.3, -0.25) is 0 Å². The monoisotopic (exact) mass is 460 g/mol. The Balaban J connectivity index is 1.64. The van der Waals surface area contributed by atoms with Crippen LogP contribution in [-0.2, 0) is 10.0 Å². The van der Waals surface area contributed by atoms with Gasteiger partial charge in [0.25, 0.3) is 0 Å². The fourth-order valence-corrected chi connectivity index (χ4v) is 4.41. The molecule has 32 heavy (non-hydrogen) atoms. The third-order valence-corrected chi connectivity index (χ3v) is 7.12. The van der Waals surface area contributed by atoms with Crippen molar-refractivity contribution in [1.29, 1.82) is 0 Å². The number of nitrogens with two attached hydrogens (primary N) is 2. The summed E-state index contributed by atoms with van der Waals surface area (Å²) in [6.45, 7) is 6.37. The molecule has 2 aromatic rings. The summed E-state index contributed by atoms with van der Waals surface area (Å²) in [7, 11) is -1.38. The van der Waals surface area contributed by atoms with Crippen LogP contribution in [0.25, 0.3) is 0 Å². The van der Waals surface area contributed by atoms with Crippen molar-refractivity contribution in [1.82, 2.24) is 14.4 Å². The quantitative estimate of drug-likeness (QED) is 0.461. The third-order valence-electron chi connectivity index (χ3n) is 5.24. The third kappa shape index (κ3) is 5.51. The minimum absolute atomic E-state index is 0.0394. The Morgan fingerprint density at radius 1 is 1.25 bits per heavy atom. The Morgan fingerprint density at radius 2 is 1.91 bits per heavy atom. The molecule has 0 radical (unpaired) electrons. The number of aromatic nitrogens is 2. The lowest BCUT2D eigenvalue weighted by Crippen LogP contribution is -2.38. The lowest BCUT2D eigenvalue weighted by molar-refractivity contribution is 0.270. The van der Waals surface area contributed by atoms with Gasteiger partial charge < -0.3 is 20.9 Å². The van der Waals surface area contributed by atoms with Gasteiger partial charge in [0.05, 0.1) is 5.75 Å². The van der Waals surface area contributed by atoms with Gasteiger partial charge >= 0.3 is 0 Å². The molecule has 1 aliphatic heterocycles. The van der Waals surface area contributed by atoms with Crippen molar-refractivity contribution in [3.63, 3.8) is 0 Å². The highest BCUT2D eigenvalue weighted by Crippen LogP contribution is 2.28. The number of sulfonamides is 1.